The average Bonchev–Trinajstić information content (AvgIpc) is 2.29. The van der Waals surface area contributed by atoms with Gasteiger partial charge in [-0.3, -0.25) is 0 Å². The minimum atomic E-state index is 1.10. The van der Waals surface area contributed by atoms with Gasteiger partial charge in [0.05, 0.1) is 5.69 Å². The third-order valence-electron chi connectivity index (χ3n) is 1.49. The molecule has 0 bridgehead atoms. The lowest BCUT2D eigenvalue weighted by Crippen LogP contribution is -1.75. The monoisotopic (exact) mass is 165 g/mol. The van der Waals surface area contributed by atoms with Crippen molar-refractivity contribution in [2.45, 2.75) is 13.8 Å². The molecule has 0 aromatic carbocycles. The number of rotatable bonds is 2. The molecule has 0 aliphatic rings. The van der Waals surface area contributed by atoms with Gasteiger partial charge in [-0.05, 0) is 25.4 Å². The lowest BCUT2D eigenvalue weighted by molar-refractivity contribution is 1.32. The first kappa shape index (κ1) is 8.21. The van der Waals surface area contributed by atoms with Crippen LogP contribution in [0.1, 0.15) is 16.1 Å². The summed E-state index contributed by atoms with van der Waals surface area (Å²) in [5, 5.41) is 0. The number of allylic oxidation sites excluding steroid dienone is 2. The van der Waals surface area contributed by atoms with Gasteiger partial charge in [-0.15, -0.1) is 0 Å². The van der Waals surface area contributed by atoms with Gasteiger partial charge in [-0.1, -0.05) is 24.8 Å². The van der Waals surface area contributed by atoms with E-state index in [1.807, 2.05) is 19.1 Å². The van der Waals surface area contributed by atoms with Crippen molar-refractivity contribution in [3.05, 3.63) is 34.9 Å². The van der Waals surface area contributed by atoms with Crippen molar-refractivity contribution in [2.24, 2.45) is 0 Å². The summed E-state index contributed by atoms with van der Waals surface area (Å²) in [6, 6.07) is 0. The van der Waals surface area contributed by atoms with E-state index < -0.39 is 0 Å². The molecule has 0 amide bonds. The van der Waals surface area contributed by atoms with Gasteiger partial charge in [-0.25, -0.2) is 0 Å². The van der Waals surface area contributed by atoms with E-state index in [1.165, 1.54) is 10.4 Å². The van der Waals surface area contributed by atoms with Crippen molar-refractivity contribution in [3.8, 4) is 0 Å². The van der Waals surface area contributed by atoms with Gasteiger partial charge < -0.3 is 0 Å². The van der Waals surface area contributed by atoms with Crippen LogP contribution >= 0.6 is 11.5 Å². The summed E-state index contributed by atoms with van der Waals surface area (Å²) in [7, 11) is 0. The van der Waals surface area contributed by atoms with Crippen LogP contribution in [0.25, 0.3) is 6.08 Å². The Kier molecular flexibility index (Phi) is 2.60. The fourth-order valence-corrected chi connectivity index (χ4v) is 1.58. The number of hydrogen-bond acceptors (Lipinski definition) is 2. The molecule has 0 aliphatic heterocycles. The molecule has 0 spiro atoms. The molecular weight excluding hydrogens is 154 g/mol. The SMILES string of the molecule is C=C/C=C/c1c(C)nsc1C. The highest BCUT2D eigenvalue weighted by molar-refractivity contribution is 7.06. The number of nitrogens with zero attached hydrogens (tertiary/aromatic N) is 1. The Bertz CT molecular complexity index is 264. The zero-order chi connectivity index (χ0) is 8.27. The van der Waals surface area contributed by atoms with E-state index in [-0.39, 0.29) is 0 Å². The van der Waals surface area contributed by atoms with Gasteiger partial charge in [0.25, 0.3) is 0 Å². The lowest BCUT2D eigenvalue weighted by atomic mass is 10.2. The first-order valence-electron chi connectivity index (χ1n) is 3.47. The fraction of sp³-hybridized carbons (Fsp3) is 0.222. The smallest absolute Gasteiger partial charge is 0.0586 e. The molecule has 0 saturated heterocycles. The van der Waals surface area contributed by atoms with E-state index in [1.54, 1.807) is 17.6 Å². The molecule has 1 aromatic heterocycles. The Balaban J connectivity index is 3.00. The molecule has 1 nitrogen and oxygen atoms in total. The summed E-state index contributed by atoms with van der Waals surface area (Å²) in [5.74, 6) is 0. The highest BCUT2D eigenvalue weighted by Crippen LogP contribution is 2.18. The molecule has 1 rings (SSSR count). The van der Waals surface area contributed by atoms with Gasteiger partial charge >= 0.3 is 0 Å². The largest absolute Gasteiger partial charge is 0.197 e. The second-order valence-electron chi connectivity index (χ2n) is 2.33. The summed E-state index contributed by atoms with van der Waals surface area (Å²) in [5.41, 5.74) is 2.33. The van der Waals surface area contributed by atoms with Gasteiger partial charge in [0.15, 0.2) is 0 Å². The van der Waals surface area contributed by atoms with Crippen LogP contribution in [0.4, 0.5) is 0 Å². The van der Waals surface area contributed by atoms with E-state index in [0.717, 1.165) is 5.69 Å². The molecule has 1 heterocycles. The molecule has 58 valence electrons. The second-order valence-corrected chi connectivity index (χ2v) is 3.31. The molecular formula is C9H11NS. The van der Waals surface area contributed by atoms with E-state index in [4.69, 9.17) is 0 Å². The average molecular weight is 165 g/mol. The van der Waals surface area contributed by atoms with Crippen LogP contribution in [0.15, 0.2) is 18.7 Å². The van der Waals surface area contributed by atoms with Crippen LogP contribution in [0, 0.1) is 13.8 Å². The van der Waals surface area contributed by atoms with Crippen molar-refractivity contribution < 1.29 is 0 Å². The summed E-state index contributed by atoms with van der Waals surface area (Å²) in [4.78, 5) is 1.26. The Morgan fingerprint density at radius 3 is 2.64 bits per heavy atom. The van der Waals surface area contributed by atoms with Crippen LogP contribution in [0.3, 0.4) is 0 Å². The normalized spacial score (nSPS) is 10.7. The Morgan fingerprint density at radius 2 is 2.18 bits per heavy atom. The maximum absolute atomic E-state index is 4.23. The van der Waals surface area contributed by atoms with Crippen molar-refractivity contribution in [3.63, 3.8) is 0 Å². The van der Waals surface area contributed by atoms with Gasteiger partial charge in [0.1, 0.15) is 0 Å². The van der Waals surface area contributed by atoms with Crippen molar-refractivity contribution in [1.82, 2.24) is 4.37 Å². The van der Waals surface area contributed by atoms with Crippen LogP contribution in [0.5, 0.6) is 0 Å². The predicted octanol–water partition coefficient (Wildman–Crippen LogP) is 2.96. The Labute approximate surface area is 71.2 Å². The Morgan fingerprint density at radius 1 is 1.45 bits per heavy atom. The van der Waals surface area contributed by atoms with E-state index in [0.29, 0.717) is 0 Å². The quantitative estimate of drug-likeness (QED) is 0.614. The first-order chi connectivity index (χ1) is 5.25. The summed E-state index contributed by atoms with van der Waals surface area (Å²) in [6.07, 6.45) is 5.75. The number of aryl methyl sites for hydroxylation is 2. The van der Waals surface area contributed by atoms with E-state index >= 15 is 0 Å². The van der Waals surface area contributed by atoms with Crippen LogP contribution in [-0.4, -0.2) is 4.37 Å². The van der Waals surface area contributed by atoms with Gasteiger partial charge in [0, 0.05) is 10.4 Å². The van der Waals surface area contributed by atoms with E-state index in [9.17, 15) is 0 Å². The maximum Gasteiger partial charge on any atom is 0.0586 e. The fourth-order valence-electron chi connectivity index (χ4n) is 0.892. The Hall–Kier alpha value is -0.890. The molecule has 0 fully saturated rings. The second kappa shape index (κ2) is 3.49. The molecule has 0 saturated carbocycles. The molecule has 11 heavy (non-hydrogen) atoms. The highest BCUT2D eigenvalue weighted by Gasteiger charge is 2.00. The molecule has 0 N–H and O–H groups in total. The molecule has 2 heteroatoms. The molecule has 0 aliphatic carbocycles. The van der Waals surface area contributed by atoms with Crippen molar-refractivity contribution >= 4 is 17.6 Å². The van der Waals surface area contributed by atoms with Crippen molar-refractivity contribution in [1.29, 1.82) is 0 Å². The molecule has 0 radical (unpaired) electrons. The van der Waals surface area contributed by atoms with E-state index in [2.05, 4.69) is 17.9 Å². The minimum absolute atomic E-state index is 1.10. The van der Waals surface area contributed by atoms with Crippen LogP contribution in [0.2, 0.25) is 0 Å². The number of aromatic nitrogens is 1. The zero-order valence-electron chi connectivity index (χ0n) is 6.79. The van der Waals surface area contributed by atoms with Crippen LogP contribution in [-0.2, 0) is 0 Å². The molecule has 0 atom stereocenters. The van der Waals surface area contributed by atoms with Gasteiger partial charge in [0.2, 0.25) is 0 Å². The summed E-state index contributed by atoms with van der Waals surface area (Å²) in [6.45, 7) is 7.71. The zero-order valence-corrected chi connectivity index (χ0v) is 7.61. The lowest BCUT2D eigenvalue weighted by Gasteiger charge is -1.88. The maximum atomic E-state index is 4.23. The van der Waals surface area contributed by atoms with Crippen molar-refractivity contribution in [2.75, 3.05) is 0 Å². The summed E-state index contributed by atoms with van der Waals surface area (Å²) >= 11 is 1.55. The van der Waals surface area contributed by atoms with Crippen LogP contribution < -0.4 is 0 Å². The predicted molar refractivity (Wildman–Crippen MR) is 50.8 cm³/mol. The third kappa shape index (κ3) is 1.77. The first-order valence-corrected chi connectivity index (χ1v) is 4.25. The molecule has 1 aromatic rings. The minimum Gasteiger partial charge on any atom is -0.197 e. The topological polar surface area (TPSA) is 12.9 Å². The highest BCUT2D eigenvalue weighted by atomic mass is 32.1. The molecule has 0 unspecified atom stereocenters. The van der Waals surface area contributed by atoms with Gasteiger partial charge in [-0.2, -0.15) is 4.37 Å². The standard InChI is InChI=1S/C9H11NS/c1-4-5-6-9-7(2)10-11-8(9)3/h4-6H,1H2,2-3H3/b6-5+. The number of hydrogen-bond donors (Lipinski definition) is 0. The summed E-state index contributed by atoms with van der Waals surface area (Å²) < 4.78 is 4.23. The third-order valence-corrected chi connectivity index (χ3v) is 2.35.